The molecule has 1 saturated heterocycles. The smallest absolute Gasteiger partial charge is 0.233 e. The quantitative estimate of drug-likeness (QED) is 0.888. The van der Waals surface area contributed by atoms with Gasteiger partial charge in [-0.05, 0) is 52.0 Å². The first-order valence-electron chi connectivity index (χ1n) is 9.10. The number of ether oxygens (including phenoxy) is 2. The summed E-state index contributed by atoms with van der Waals surface area (Å²) in [6, 6.07) is 11.1. The molecule has 1 aliphatic heterocycles. The average Bonchev–Trinajstić information content (AvgIpc) is 2.59. The van der Waals surface area contributed by atoms with Gasteiger partial charge in [-0.1, -0.05) is 0 Å². The number of rotatable bonds is 4. The van der Waals surface area contributed by atoms with Crippen LogP contribution in [0.15, 0.2) is 30.3 Å². The molecule has 6 nitrogen and oxygen atoms in total. The van der Waals surface area contributed by atoms with Crippen LogP contribution in [0.25, 0.3) is 11.3 Å². The Morgan fingerprint density at radius 2 is 1.78 bits per heavy atom. The number of methoxy groups -OCH3 is 1. The van der Waals surface area contributed by atoms with Gasteiger partial charge in [-0.25, -0.2) is 0 Å². The summed E-state index contributed by atoms with van der Waals surface area (Å²) < 4.78 is 11.5. The van der Waals surface area contributed by atoms with Crippen LogP contribution in [-0.4, -0.2) is 34.5 Å². The van der Waals surface area contributed by atoms with Crippen LogP contribution >= 0.6 is 0 Å². The Balaban J connectivity index is 1.77. The summed E-state index contributed by atoms with van der Waals surface area (Å²) in [7, 11) is 1.57. The number of hydrogen-bond donors (Lipinski definition) is 1. The molecule has 1 aromatic carbocycles. The number of hydrogen-bond acceptors (Lipinski definition) is 6. The van der Waals surface area contributed by atoms with E-state index < -0.39 is 0 Å². The van der Waals surface area contributed by atoms with Gasteiger partial charge in [0.2, 0.25) is 5.88 Å². The molecule has 1 aliphatic rings. The molecule has 6 heteroatoms. The van der Waals surface area contributed by atoms with Gasteiger partial charge in [0.25, 0.3) is 0 Å². The number of nitrogens with one attached hydrogen (secondary N) is 1. The van der Waals surface area contributed by atoms with E-state index in [2.05, 4.69) is 49.3 Å². The number of nitriles is 1. The van der Waals surface area contributed by atoms with Gasteiger partial charge in [0, 0.05) is 35.5 Å². The lowest BCUT2D eigenvalue weighted by Gasteiger charge is -2.46. The zero-order chi connectivity index (χ0) is 19.7. The first kappa shape index (κ1) is 19.1. The van der Waals surface area contributed by atoms with E-state index in [0.29, 0.717) is 22.9 Å². The Bertz CT molecular complexity index is 837. The second-order valence-electron chi connectivity index (χ2n) is 8.32. The van der Waals surface area contributed by atoms with E-state index in [4.69, 9.17) is 14.7 Å². The minimum Gasteiger partial charge on any atom is -0.496 e. The molecule has 2 heterocycles. The van der Waals surface area contributed by atoms with Crippen molar-refractivity contribution in [3.63, 3.8) is 0 Å². The van der Waals surface area contributed by atoms with Crippen LogP contribution in [0.5, 0.6) is 11.6 Å². The van der Waals surface area contributed by atoms with Gasteiger partial charge < -0.3 is 14.8 Å². The summed E-state index contributed by atoms with van der Waals surface area (Å²) in [6.45, 7) is 8.76. The van der Waals surface area contributed by atoms with Crippen LogP contribution in [-0.2, 0) is 0 Å². The van der Waals surface area contributed by atoms with Gasteiger partial charge in [0.15, 0.2) is 0 Å². The highest BCUT2D eigenvalue weighted by atomic mass is 16.5. The molecule has 2 aromatic rings. The van der Waals surface area contributed by atoms with E-state index in [-0.39, 0.29) is 17.2 Å². The van der Waals surface area contributed by atoms with E-state index >= 15 is 0 Å². The van der Waals surface area contributed by atoms with Crippen molar-refractivity contribution in [3.05, 3.63) is 35.9 Å². The molecule has 1 fully saturated rings. The average molecular weight is 366 g/mol. The van der Waals surface area contributed by atoms with Crippen molar-refractivity contribution < 1.29 is 9.47 Å². The Kier molecular flexibility index (Phi) is 5.07. The predicted molar refractivity (Wildman–Crippen MR) is 104 cm³/mol. The maximum absolute atomic E-state index is 9.03. The zero-order valence-electron chi connectivity index (χ0n) is 16.5. The second-order valence-corrected chi connectivity index (χ2v) is 8.32. The van der Waals surface area contributed by atoms with Crippen LogP contribution in [0.4, 0.5) is 0 Å². The maximum atomic E-state index is 9.03. The van der Waals surface area contributed by atoms with Gasteiger partial charge in [-0.3, -0.25) is 0 Å². The van der Waals surface area contributed by atoms with Crippen molar-refractivity contribution in [2.75, 3.05) is 7.11 Å². The van der Waals surface area contributed by atoms with E-state index in [1.165, 1.54) is 0 Å². The summed E-state index contributed by atoms with van der Waals surface area (Å²) in [5, 5.41) is 21.2. The van der Waals surface area contributed by atoms with Gasteiger partial charge >= 0.3 is 0 Å². The molecule has 0 unspecified atom stereocenters. The lowest BCUT2D eigenvalue weighted by atomic mass is 9.81. The van der Waals surface area contributed by atoms with E-state index in [1.54, 1.807) is 19.2 Å². The molecule has 3 rings (SSSR count). The first-order chi connectivity index (χ1) is 12.7. The maximum Gasteiger partial charge on any atom is 0.233 e. The Hall–Kier alpha value is -2.65. The van der Waals surface area contributed by atoms with Crippen molar-refractivity contribution in [2.45, 2.75) is 57.7 Å². The lowest BCUT2D eigenvalue weighted by Crippen LogP contribution is -2.60. The highest BCUT2D eigenvalue weighted by Crippen LogP contribution is 2.32. The standard InChI is InChI=1S/C21H26N4O2/c1-20(2)11-15(12-21(3,4)25-20)27-19-9-8-17(23-24-19)16-7-6-14(13-22)10-18(16)26-5/h6-10,15,25H,11-12H2,1-5H3. The molecule has 0 radical (unpaired) electrons. The fraction of sp³-hybridized carbons (Fsp3) is 0.476. The van der Waals surface area contributed by atoms with Crippen molar-refractivity contribution in [1.29, 1.82) is 5.26 Å². The Morgan fingerprint density at radius 1 is 1.07 bits per heavy atom. The van der Waals surface area contributed by atoms with E-state index in [1.807, 2.05) is 18.2 Å². The molecular weight excluding hydrogens is 340 g/mol. The van der Waals surface area contributed by atoms with Crippen LogP contribution in [0.3, 0.4) is 0 Å². The Labute approximate surface area is 160 Å². The fourth-order valence-electron chi connectivity index (χ4n) is 3.98. The summed E-state index contributed by atoms with van der Waals surface area (Å²) >= 11 is 0. The summed E-state index contributed by atoms with van der Waals surface area (Å²) in [6.07, 6.45) is 1.90. The second kappa shape index (κ2) is 7.16. The number of piperidine rings is 1. The predicted octanol–water partition coefficient (Wildman–Crippen LogP) is 3.71. The largest absolute Gasteiger partial charge is 0.496 e. The molecule has 1 N–H and O–H groups in total. The number of aromatic nitrogens is 2. The van der Waals surface area contributed by atoms with Gasteiger partial charge in [0.05, 0.1) is 24.4 Å². The number of nitrogens with zero attached hydrogens (tertiary/aromatic N) is 3. The van der Waals surface area contributed by atoms with Crippen molar-refractivity contribution >= 4 is 0 Å². The summed E-state index contributed by atoms with van der Waals surface area (Å²) in [4.78, 5) is 0. The van der Waals surface area contributed by atoms with Crippen LogP contribution < -0.4 is 14.8 Å². The molecule has 0 spiro atoms. The van der Waals surface area contributed by atoms with Crippen molar-refractivity contribution in [2.24, 2.45) is 0 Å². The van der Waals surface area contributed by atoms with Gasteiger partial charge in [-0.15, -0.1) is 10.2 Å². The molecule has 27 heavy (non-hydrogen) atoms. The highest BCUT2D eigenvalue weighted by molar-refractivity contribution is 5.68. The molecule has 1 aromatic heterocycles. The Morgan fingerprint density at radius 3 is 2.33 bits per heavy atom. The van der Waals surface area contributed by atoms with Crippen LogP contribution in [0, 0.1) is 11.3 Å². The minimum absolute atomic E-state index is 0.00956. The normalized spacial score (nSPS) is 18.5. The molecule has 0 amide bonds. The van der Waals surface area contributed by atoms with Gasteiger partial charge in [-0.2, -0.15) is 5.26 Å². The van der Waals surface area contributed by atoms with Gasteiger partial charge in [0.1, 0.15) is 11.9 Å². The first-order valence-corrected chi connectivity index (χ1v) is 9.10. The third-order valence-electron chi connectivity index (χ3n) is 4.69. The molecule has 142 valence electrons. The topological polar surface area (TPSA) is 80.1 Å². The third-order valence-corrected chi connectivity index (χ3v) is 4.69. The SMILES string of the molecule is COc1cc(C#N)ccc1-c1ccc(OC2CC(C)(C)NC(C)(C)C2)nn1. The monoisotopic (exact) mass is 366 g/mol. The summed E-state index contributed by atoms with van der Waals surface area (Å²) in [5.41, 5.74) is 2.03. The van der Waals surface area contributed by atoms with Crippen LogP contribution in [0.1, 0.15) is 46.1 Å². The summed E-state index contributed by atoms with van der Waals surface area (Å²) in [5.74, 6) is 1.11. The zero-order valence-corrected chi connectivity index (χ0v) is 16.5. The number of benzene rings is 1. The van der Waals surface area contributed by atoms with Crippen molar-refractivity contribution in [1.82, 2.24) is 15.5 Å². The molecule has 0 bridgehead atoms. The van der Waals surface area contributed by atoms with Crippen molar-refractivity contribution in [3.8, 4) is 29.0 Å². The highest BCUT2D eigenvalue weighted by Gasteiger charge is 2.38. The molecule has 0 atom stereocenters. The van der Waals surface area contributed by atoms with Crippen LogP contribution in [0.2, 0.25) is 0 Å². The molecular formula is C21H26N4O2. The molecule has 0 aliphatic carbocycles. The lowest BCUT2D eigenvalue weighted by molar-refractivity contribution is 0.0524. The van der Waals surface area contributed by atoms with E-state index in [0.717, 1.165) is 18.4 Å². The third kappa shape index (κ3) is 4.55. The fourth-order valence-corrected chi connectivity index (χ4v) is 3.98. The molecule has 0 saturated carbocycles. The minimum atomic E-state index is 0.00956. The van der Waals surface area contributed by atoms with E-state index in [9.17, 15) is 0 Å².